The van der Waals surface area contributed by atoms with E-state index in [4.69, 9.17) is 0 Å². The van der Waals surface area contributed by atoms with Crippen LogP contribution in [-0.2, 0) is 11.2 Å². The third kappa shape index (κ3) is 9.45. The van der Waals surface area contributed by atoms with Crippen LogP contribution in [0.2, 0.25) is 0 Å². The monoisotopic (exact) mass is 351 g/mol. The lowest BCUT2D eigenvalue weighted by Crippen LogP contribution is -2.40. The van der Waals surface area contributed by atoms with E-state index in [0.29, 0.717) is 13.0 Å². The van der Waals surface area contributed by atoms with Crippen molar-refractivity contribution in [2.24, 2.45) is 4.99 Å². The van der Waals surface area contributed by atoms with E-state index < -0.39 is 12.8 Å². The highest BCUT2D eigenvalue weighted by molar-refractivity contribution is 7.09. The zero-order chi connectivity index (χ0) is 17.1. The van der Waals surface area contributed by atoms with Crippen LogP contribution in [0.4, 0.5) is 13.2 Å². The number of hydrogen-bond acceptors (Lipinski definition) is 3. The van der Waals surface area contributed by atoms with Crippen LogP contribution in [0.3, 0.4) is 0 Å². The normalized spacial score (nSPS) is 12.5. The van der Waals surface area contributed by atoms with Crippen molar-refractivity contribution in [3.8, 4) is 0 Å². The SMILES string of the molecule is CCNC(=NCCCOCC(F)(F)F)N(C)CCc1cccs1. The summed E-state index contributed by atoms with van der Waals surface area (Å²) in [6, 6.07) is 4.13. The maximum Gasteiger partial charge on any atom is 0.411 e. The summed E-state index contributed by atoms with van der Waals surface area (Å²) < 4.78 is 40.4. The summed E-state index contributed by atoms with van der Waals surface area (Å²) in [5.74, 6) is 0.764. The smallest absolute Gasteiger partial charge is 0.372 e. The van der Waals surface area contributed by atoms with Gasteiger partial charge in [-0.05, 0) is 31.2 Å². The summed E-state index contributed by atoms with van der Waals surface area (Å²) in [5.41, 5.74) is 0. The predicted molar refractivity (Wildman–Crippen MR) is 88.1 cm³/mol. The van der Waals surface area contributed by atoms with E-state index in [1.54, 1.807) is 11.3 Å². The van der Waals surface area contributed by atoms with Gasteiger partial charge in [0.05, 0.1) is 0 Å². The van der Waals surface area contributed by atoms with E-state index in [9.17, 15) is 13.2 Å². The van der Waals surface area contributed by atoms with Crippen molar-refractivity contribution < 1.29 is 17.9 Å². The Labute approximate surface area is 139 Å². The first-order valence-electron chi connectivity index (χ1n) is 7.58. The zero-order valence-corrected chi connectivity index (χ0v) is 14.3. The molecule has 0 amide bonds. The third-order valence-electron chi connectivity index (χ3n) is 2.94. The quantitative estimate of drug-likeness (QED) is 0.422. The van der Waals surface area contributed by atoms with E-state index >= 15 is 0 Å². The third-order valence-corrected chi connectivity index (χ3v) is 3.88. The molecule has 1 N–H and O–H groups in total. The Morgan fingerprint density at radius 2 is 2.22 bits per heavy atom. The van der Waals surface area contributed by atoms with Gasteiger partial charge in [0.25, 0.3) is 0 Å². The van der Waals surface area contributed by atoms with Crippen LogP contribution < -0.4 is 5.32 Å². The molecular weight excluding hydrogens is 327 g/mol. The standard InChI is InChI=1S/C15H24F3N3OS/c1-3-19-14(20-8-5-10-22-12-15(16,17)18)21(2)9-7-13-6-4-11-23-13/h4,6,11H,3,5,7-10,12H2,1-2H3,(H,19,20). The number of likely N-dealkylation sites (N-methyl/N-ethyl adjacent to an activating group) is 1. The molecule has 4 nitrogen and oxygen atoms in total. The van der Waals surface area contributed by atoms with E-state index in [2.05, 4.69) is 26.5 Å². The number of alkyl halides is 3. The molecule has 0 unspecified atom stereocenters. The Kier molecular flexibility index (Phi) is 9.01. The molecule has 0 fully saturated rings. The molecule has 8 heteroatoms. The number of hydrogen-bond donors (Lipinski definition) is 1. The van der Waals surface area contributed by atoms with Crippen LogP contribution in [0.5, 0.6) is 0 Å². The molecular formula is C15H24F3N3OS. The first-order chi connectivity index (χ1) is 10.9. The fourth-order valence-electron chi connectivity index (χ4n) is 1.85. The molecule has 0 radical (unpaired) electrons. The Balaban J connectivity index is 2.31. The number of thiophene rings is 1. The van der Waals surface area contributed by atoms with E-state index in [1.807, 2.05) is 24.9 Å². The van der Waals surface area contributed by atoms with Crippen LogP contribution in [0.1, 0.15) is 18.2 Å². The molecule has 0 atom stereocenters. The first kappa shape index (κ1) is 19.8. The summed E-state index contributed by atoms with van der Waals surface area (Å²) in [4.78, 5) is 7.76. The van der Waals surface area contributed by atoms with Crippen LogP contribution in [0, 0.1) is 0 Å². The van der Waals surface area contributed by atoms with Crippen LogP contribution in [-0.4, -0.2) is 56.9 Å². The van der Waals surface area contributed by atoms with Crippen molar-refractivity contribution in [2.75, 3.05) is 39.9 Å². The predicted octanol–water partition coefficient (Wildman–Crippen LogP) is 3.16. The molecule has 0 aliphatic rings. The number of ether oxygens (including phenoxy) is 1. The molecule has 0 aliphatic carbocycles. The second-order valence-corrected chi connectivity index (χ2v) is 6.04. The van der Waals surface area contributed by atoms with Gasteiger partial charge in [-0.1, -0.05) is 6.07 Å². The first-order valence-corrected chi connectivity index (χ1v) is 8.46. The summed E-state index contributed by atoms with van der Waals surface area (Å²) in [5, 5.41) is 5.24. The van der Waals surface area contributed by atoms with E-state index in [0.717, 1.165) is 25.5 Å². The average Bonchev–Trinajstić information content (AvgIpc) is 2.99. The Bertz CT molecular complexity index is 449. The fourth-order valence-corrected chi connectivity index (χ4v) is 2.55. The lowest BCUT2D eigenvalue weighted by atomic mass is 10.3. The maximum absolute atomic E-state index is 11.9. The Hall–Kier alpha value is -1.28. The Morgan fingerprint density at radius 3 is 2.83 bits per heavy atom. The van der Waals surface area contributed by atoms with Gasteiger partial charge >= 0.3 is 6.18 Å². The summed E-state index contributed by atoms with van der Waals surface area (Å²) >= 11 is 1.72. The molecule has 0 aromatic carbocycles. The zero-order valence-electron chi connectivity index (χ0n) is 13.5. The lowest BCUT2D eigenvalue weighted by molar-refractivity contribution is -0.173. The van der Waals surface area contributed by atoms with E-state index in [1.165, 1.54) is 4.88 Å². The molecule has 1 aromatic heterocycles. The summed E-state index contributed by atoms with van der Waals surface area (Å²) in [7, 11) is 1.95. The van der Waals surface area contributed by atoms with Crippen LogP contribution >= 0.6 is 11.3 Å². The van der Waals surface area contributed by atoms with Crippen molar-refractivity contribution >= 4 is 17.3 Å². The number of nitrogens with zero attached hydrogens (tertiary/aromatic N) is 2. The van der Waals surface area contributed by atoms with Crippen LogP contribution in [0.15, 0.2) is 22.5 Å². The lowest BCUT2D eigenvalue weighted by Gasteiger charge is -2.21. The van der Waals surface area contributed by atoms with Crippen molar-refractivity contribution in [1.29, 1.82) is 0 Å². The average molecular weight is 351 g/mol. The minimum atomic E-state index is -4.26. The number of halogens is 3. The van der Waals surface area contributed by atoms with Gasteiger partial charge in [-0.15, -0.1) is 11.3 Å². The molecule has 0 saturated heterocycles. The van der Waals surface area contributed by atoms with Crippen molar-refractivity contribution in [3.05, 3.63) is 22.4 Å². The van der Waals surface area contributed by atoms with Gasteiger partial charge in [0, 0.05) is 38.2 Å². The molecule has 1 aromatic rings. The Morgan fingerprint density at radius 1 is 1.43 bits per heavy atom. The summed E-state index contributed by atoms with van der Waals surface area (Å²) in [6.45, 7) is 2.85. The highest BCUT2D eigenvalue weighted by Crippen LogP contribution is 2.14. The van der Waals surface area contributed by atoms with Crippen LogP contribution in [0.25, 0.3) is 0 Å². The minimum Gasteiger partial charge on any atom is -0.372 e. The van der Waals surface area contributed by atoms with Crippen molar-refractivity contribution in [3.63, 3.8) is 0 Å². The molecule has 132 valence electrons. The number of aliphatic imine (C=N–C) groups is 1. The second-order valence-electron chi connectivity index (χ2n) is 5.01. The highest BCUT2D eigenvalue weighted by atomic mass is 32.1. The van der Waals surface area contributed by atoms with Gasteiger partial charge < -0.3 is 15.0 Å². The maximum atomic E-state index is 11.9. The molecule has 23 heavy (non-hydrogen) atoms. The topological polar surface area (TPSA) is 36.9 Å². The van der Waals surface area contributed by atoms with Gasteiger partial charge in [0.15, 0.2) is 5.96 Å². The fraction of sp³-hybridized carbons (Fsp3) is 0.667. The van der Waals surface area contributed by atoms with Gasteiger partial charge in [-0.2, -0.15) is 13.2 Å². The van der Waals surface area contributed by atoms with Gasteiger partial charge in [0.2, 0.25) is 0 Å². The number of guanidine groups is 1. The molecule has 1 heterocycles. The molecule has 0 aliphatic heterocycles. The van der Waals surface area contributed by atoms with E-state index in [-0.39, 0.29) is 6.61 Å². The summed E-state index contributed by atoms with van der Waals surface area (Å²) in [6.07, 6.45) is -2.86. The van der Waals surface area contributed by atoms with Gasteiger partial charge in [-0.3, -0.25) is 4.99 Å². The molecule has 0 bridgehead atoms. The second kappa shape index (κ2) is 10.5. The van der Waals surface area contributed by atoms with Gasteiger partial charge in [0.1, 0.15) is 6.61 Å². The van der Waals surface area contributed by atoms with Crippen molar-refractivity contribution in [1.82, 2.24) is 10.2 Å². The molecule has 0 spiro atoms. The molecule has 0 saturated carbocycles. The number of nitrogens with one attached hydrogen (secondary N) is 1. The highest BCUT2D eigenvalue weighted by Gasteiger charge is 2.27. The minimum absolute atomic E-state index is 0.0569. The number of rotatable bonds is 9. The van der Waals surface area contributed by atoms with Gasteiger partial charge in [-0.25, -0.2) is 0 Å². The van der Waals surface area contributed by atoms with Crippen molar-refractivity contribution in [2.45, 2.75) is 25.9 Å². The molecule has 1 rings (SSSR count). The largest absolute Gasteiger partial charge is 0.411 e.